The molecule has 0 unspecified atom stereocenters. The van der Waals surface area contributed by atoms with Crippen molar-refractivity contribution in [3.63, 3.8) is 0 Å². The molecule has 2 aromatic carbocycles. The second kappa shape index (κ2) is 10.5. The van der Waals surface area contributed by atoms with Crippen LogP contribution in [0.3, 0.4) is 0 Å². The van der Waals surface area contributed by atoms with E-state index in [1.807, 2.05) is 0 Å². The average molecular weight is 634 g/mol. The Labute approximate surface area is 250 Å². The molecule has 230 valence electrons. The minimum absolute atomic E-state index is 0.0233. The summed E-state index contributed by atoms with van der Waals surface area (Å²) in [4.78, 5) is 33.8. The standard InChI is InChI=1S/C30H24F5N3O5S/c1-14-37-25-21(43-18-6-7-18)10-16(11-22(25)44-14)20(39)8-9-29(41,30(33,34)35)23-12-19-26(42-13-28(19,32)27(36)40)24(38-23)15-2-4-17(31)5-3-15/h2-5,10-12,18,41H,6-9,13H2,1H3,(H2,36,40)/t28-,29+/m1/s1. The van der Waals surface area contributed by atoms with E-state index in [-0.39, 0.29) is 28.7 Å². The summed E-state index contributed by atoms with van der Waals surface area (Å²) >= 11 is 1.29. The Morgan fingerprint density at radius 3 is 2.50 bits per heavy atom. The maximum atomic E-state index is 15.7. The first-order valence-corrected chi connectivity index (χ1v) is 14.3. The van der Waals surface area contributed by atoms with Gasteiger partial charge in [0, 0.05) is 23.1 Å². The minimum Gasteiger partial charge on any atom is -0.488 e. The first-order valence-electron chi connectivity index (χ1n) is 13.5. The molecule has 2 aromatic heterocycles. The first kappa shape index (κ1) is 29.9. The predicted octanol–water partition coefficient (Wildman–Crippen LogP) is 5.80. The number of hydrogen-bond acceptors (Lipinski definition) is 8. The molecule has 6 rings (SSSR count). The highest BCUT2D eigenvalue weighted by atomic mass is 32.1. The lowest BCUT2D eigenvalue weighted by molar-refractivity contribution is -0.270. The van der Waals surface area contributed by atoms with Crippen LogP contribution in [0.5, 0.6) is 11.5 Å². The van der Waals surface area contributed by atoms with Crippen LogP contribution in [0.25, 0.3) is 21.5 Å². The number of alkyl halides is 4. The van der Waals surface area contributed by atoms with Crippen molar-refractivity contribution < 1.29 is 46.1 Å². The van der Waals surface area contributed by atoms with Gasteiger partial charge in [-0.05, 0) is 68.7 Å². The number of pyridine rings is 1. The minimum atomic E-state index is -5.40. The molecule has 1 amide bonds. The number of benzene rings is 2. The van der Waals surface area contributed by atoms with Gasteiger partial charge >= 0.3 is 6.18 Å². The fourth-order valence-electron chi connectivity index (χ4n) is 5.02. The molecule has 1 saturated carbocycles. The number of ether oxygens (including phenoxy) is 2. The van der Waals surface area contributed by atoms with Gasteiger partial charge in [0.15, 0.2) is 11.5 Å². The molecular formula is C30H24F5N3O5S. The summed E-state index contributed by atoms with van der Waals surface area (Å²) in [5.74, 6) is -2.94. The molecular weight excluding hydrogens is 609 g/mol. The molecule has 2 atom stereocenters. The Hall–Kier alpha value is -4.17. The Morgan fingerprint density at radius 1 is 1.16 bits per heavy atom. The van der Waals surface area contributed by atoms with Crippen molar-refractivity contribution in [2.75, 3.05) is 6.61 Å². The number of aryl methyl sites for hydroxylation is 1. The molecule has 0 bridgehead atoms. The SMILES string of the molecule is Cc1nc2c(OC3CC3)cc(C(=O)CC[C@](O)(c3cc4c(c(-c5ccc(F)cc5)n3)OC[C@]4(F)C(N)=O)C(F)(F)F)cc2s1. The van der Waals surface area contributed by atoms with Crippen molar-refractivity contribution >= 4 is 33.2 Å². The van der Waals surface area contributed by atoms with Crippen molar-refractivity contribution in [2.45, 2.75) is 56.2 Å². The van der Waals surface area contributed by atoms with Gasteiger partial charge in [0.2, 0.25) is 5.60 Å². The topological polar surface area (TPSA) is 125 Å². The quantitative estimate of drug-likeness (QED) is 0.176. The van der Waals surface area contributed by atoms with E-state index in [4.69, 9.17) is 15.2 Å². The van der Waals surface area contributed by atoms with Crippen molar-refractivity contribution in [1.82, 2.24) is 9.97 Å². The van der Waals surface area contributed by atoms with Gasteiger partial charge in [-0.3, -0.25) is 9.59 Å². The molecule has 14 heteroatoms. The van der Waals surface area contributed by atoms with Crippen LogP contribution < -0.4 is 15.2 Å². The third-order valence-electron chi connectivity index (χ3n) is 7.64. The van der Waals surface area contributed by atoms with Crippen molar-refractivity contribution in [1.29, 1.82) is 0 Å². The van der Waals surface area contributed by atoms with E-state index in [1.165, 1.54) is 35.6 Å². The molecule has 1 aliphatic heterocycles. The molecule has 1 fully saturated rings. The summed E-state index contributed by atoms with van der Waals surface area (Å²) in [5, 5.41) is 11.9. The number of fused-ring (bicyclic) bond motifs is 2. The molecule has 0 spiro atoms. The number of primary amides is 1. The molecule has 44 heavy (non-hydrogen) atoms. The van der Waals surface area contributed by atoms with Gasteiger partial charge in [0.05, 0.1) is 21.5 Å². The highest BCUT2D eigenvalue weighted by Gasteiger charge is 2.58. The number of nitrogens with two attached hydrogens (primary N) is 1. The number of Topliss-reactive ketones (excluding diaryl/α,β-unsaturated/α-hetero) is 1. The van der Waals surface area contributed by atoms with Gasteiger partial charge < -0.3 is 20.3 Å². The maximum absolute atomic E-state index is 15.7. The lowest BCUT2D eigenvalue weighted by atomic mass is 9.86. The highest BCUT2D eigenvalue weighted by molar-refractivity contribution is 7.18. The van der Waals surface area contributed by atoms with Gasteiger partial charge in [-0.2, -0.15) is 13.2 Å². The molecule has 0 radical (unpaired) electrons. The normalized spacial score (nSPS) is 19.3. The van der Waals surface area contributed by atoms with Crippen LogP contribution in [-0.2, 0) is 16.1 Å². The zero-order chi connectivity index (χ0) is 31.6. The van der Waals surface area contributed by atoms with Crippen LogP contribution in [0.4, 0.5) is 22.0 Å². The Bertz CT molecular complexity index is 1810. The van der Waals surface area contributed by atoms with Gasteiger partial charge in [-0.25, -0.2) is 18.7 Å². The van der Waals surface area contributed by atoms with Crippen LogP contribution in [0.2, 0.25) is 0 Å². The fraction of sp³-hybridized carbons (Fsp3) is 0.333. The molecule has 8 nitrogen and oxygen atoms in total. The molecule has 4 aromatic rings. The van der Waals surface area contributed by atoms with E-state index < -0.39 is 65.7 Å². The van der Waals surface area contributed by atoms with E-state index in [2.05, 4.69) is 9.97 Å². The summed E-state index contributed by atoms with van der Waals surface area (Å²) in [5.41, 5.74) is -3.06. The zero-order valence-corrected chi connectivity index (χ0v) is 23.8. The maximum Gasteiger partial charge on any atom is 0.422 e. The van der Waals surface area contributed by atoms with Gasteiger partial charge in [0.1, 0.15) is 29.4 Å². The van der Waals surface area contributed by atoms with Gasteiger partial charge in [0.25, 0.3) is 11.6 Å². The van der Waals surface area contributed by atoms with E-state index in [1.54, 1.807) is 6.92 Å². The van der Waals surface area contributed by atoms with Crippen molar-refractivity contribution in [2.24, 2.45) is 5.73 Å². The molecule has 0 saturated heterocycles. The largest absolute Gasteiger partial charge is 0.488 e. The van der Waals surface area contributed by atoms with Crippen molar-refractivity contribution in [3.8, 4) is 22.8 Å². The summed E-state index contributed by atoms with van der Waals surface area (Å²) in [6.07, 6.45) is -5.77. The number of carbonyl (C=O) groups is 2. The number of hydrogen-bond donors (Lipinski definition) is 2. The number of aliphatic hydroxyl groups is 1. The smallest absolute Gasteiger partial charge is 0.422 e. The van der Waals surface area contributed by atoms with E-state index in [9.17, 15) is 32.3 Å². The van der Waals surface area contributed by atoms with Crippen LogP contribution in [-0.4, -0.2) is 45.7 Å². The van der Waals surface area contributed by atoms with Gasteiger partial charge in [-0.15, -0.1) is 11.3 Å². The van der Waals surface area contributed by atoms with Crippen LogP contribution in [0.1, 0.15) is 52.3 Å². The lowest BCUT2D eigenvalue weighted by Crippen LogP contribution is -2.44. The van der Waals surface area contributed by atoms with E-state index >= 15 is 4.39 Å². The number of halogens is 5. The third-order valence-corrected chi connectivity index (χ3v) is 8.55. The molecule has 1 aliphatic carbocycles. The van der Waals surface area contributed by atoms with Gasteiger partial charge in [-0.1, -0.05) is 0 Å². The number of nitrogens with zero attached hydrogens (tertiary/aromatic N) is 2. The number of rotatable bonds is 9. The molecule has 3 N–H and O–H groups in total. The number of amides is 1. The predicted molar refractivity (Wildman–Crippen MR) is 149 cm³/mol. The van der Waals surface area contributed by atoms with Crippen LogP contribution >= 0.6 is 11.3 Å². The van der Waals surface area contributed by atoms with Crippen LogP contribution in [0, 0.1) is 12.7 Å². The van der Waals surface area contributed by atoms with E-state index in [0.717, 1.165) is 25.0 Å². The third kappa shape index (κ3) is 5.15. The second-order valence-electron chi connectivity index (χ2n) is 10.8. The first-order chi connectivity index (χ1) is 20.7. The number of thiazole rings is 1. The monoisotopic (exact) mass is 633 g/mol. The summed E-state index contributed by atoms with van der Waals surface area (Å²) in [6, 6.07) is 7.85. The summed E-state index contributed by atoms with van der Waals surface area (Å²) in [6.45, 7) is 0.834. The second-order valence-corrected chi connectivity index (χ2v) is 12.1. The summed E-state index contributed by atoms with van der Waals surface area (Å²) < 4.78 is 85.2. The average Bonchev–Trinajstić information content (AvgIpc) is 3.60. The Kier molecular flexibility index (Phi) is 7.11. The zero-order valence-electron chi connectivity index (χ0n) is 23.0. The molecule has 2 aliphatic rings. The number of carbonyl (C=O) groups excluding carboxylic acids is 2. The van der Waals surface area contributed by atoms with E-state index in [0.29, 0.717) is 27.0 Å². The summed E-state index contributed by atoms with van der Waals surface area (Å²) in [7, 11) is 0. The van der Waals surface area contributed by atoms with Crippen LogP contribution in [0.15, 0.2) is 42.5 Å². The Morgan fingerprint density at radius 2 is 1.86 bits per heavy atom. The van der Waals surface area contributed by atoms with Crippen molar-refractivity contribution in [3.05, 3.63) is 70.1 Å². The fourth-order valence-corrected chi connectivity index (χ4v) is 5.91. The highest BCUT2D eigenvalue weighted by Crippen LogP contribution is 2.49. The Balaban J connectivity index is 1.40. The lowest BCUT2D eigenvalue weighted by Gasteiger charge is -2.31. The number of aromatic nitrogens is 2. The molecule has 3 heterocycles. The number of ketones is 1.